The van der Waals surface area contributed by atoms with Crippen LogP contribution in [0.4, 0.5) is 0 Å². The number of halogens is 1. The van der Waals surface area contributed by atoms with Crippen LogP contribution in [-0.4, -0.2) is 21.0 Å². The number of ether oxygens (including phenoxy) is 1. The van der Waals surface area contributed by atoms with Crippen molar-refractivity contribution in [3.63, 3.8) is 0 Å². The molecule has 0 fully saturated rings. The summed E-state index contributed by atoms with van der Waals surface area (Å²) in [7, 11) is -3.88. The van der Waals surface area contributed by atoms with Gasteiger partial charge in [-0.15, -0.1) is 0 Å². The number of hydrogen-bond donors (Lipinski definition) is 1. The predicted molar refractivity (Wildman–Crippen MR) is 101 cm³/mol. The van der Waals surface area contributed by atoms with E-state index in [-0.39, 0.29) is 17.1 Å². The van der Waals surface area contributed by atoms with E-state index in [9.17, 15) is 13.2 Å². The van der Waals surface area contributed by atoms with Crippen LogP contribution in [0.25, 0.3) is 0 Å². The van der Waals surface area contributed by atoms with Crippen molar-refractivity contribution in [3.8, 4) is 0 Å². The molecule has 0 heterocycles. The van der Waals surface area contributed by atoms with E-state index in [1.165, 1.54) is 12.1 Å². The quantitative estimate of drug-likeness (QED) is 0.573. The zero-order chi connectivity index (χ0) is 19.3. The highest BCUT2D eigenvalue weighted by molar-refractivity contribution is 7.89. The largest absolute Gasteiger partial charge is 0.463 e. The monoisotopic (exact) mass is 393 g/mol. The van der Waals surface area contributed by atoms with E-state index in [0.29, 0.717) is 10.6 Å². The third-order valence-electron chi connectivity index (χ3n) is 3.69. The van der Waals surface area contributed by atoms with Crippen molar-refractivity contribution in [2.45, 2.75) is 24.8 Å². The van der Waals surface area contributed by atoms with Crippen molar-refractivity contribution < 1.29 is 17.9 Å². The molecule has 5 nitrogen and oxygen atoms in total. The van der Waals surface area contributed by atoms with Gasteiger partial charge in [-0.25, -0.2) is 13.2 Å². The highest BCUT2D eigenvalue weighted by Gasteiger charge is 2.27. The molecule has 7 heteroatoms. The maximum atomic E-state index is 12.7. The number of sulfonamides is 1. The van der Waals surface area contributed by atoms with E-state index >= 15 is 0 Å². The molecule has 1 unspecified atom stereocenters. The fraction of sp³-hybridized carbons (Fsp3) is 0.211. The molecule has 2 aromatic carbocycles. The third kappa shape index (κ3) is 4.94. The van der Waals surface area contributed by atoms with E-state index < -0.39 is 22.0 Å². The molecule has 0 radical (unpaired) electrons. The van der Waals surface area contributed by atoms with Gasteiger partial charge in [0.2, 0.25) is 10.0 Å². The minimum Gasteiger partial charge on any atom is -0.463 e. The van der Waals surface area contributed by atoms with Gasteiger partial charge in [-0.3, -0.25) is 0 Å². The summed E-state index contributed by atoms with van der Waals surface area (Å²) in [6.07, 6.45) is 0. The van der Waals surface area contributed by atoms with Crippen molar-refractivity contribution in [2.75, 3.05) is 6.61 Å². The van der Waals surface area contributed by atoms with Gasteiger partial charge in [0.1, 0.15) is 0 Å². The van der Waals surface area contributed by atoms with E-state index in [2.05, 4.69) is 11.3 Å². The van der Waals surface area contributed by atoms with Crippen molar-refractivity contribution >= 4 is 27.6 Å². The van der Waals surface area contributed by atoms with Gasteiger partial charge in [0.15, 0.2) is 0 Å². The zero-order valence-corrected chi connectivity index (χ0v) is 16.1. The van der Waals surface area contributed by atoms with Gasteiger partial charge in [-0.1, -0.05) is 48.0 Å². The second-order valence-corrected chi connectivity index (χ2v) is 7.82. The average Bonchev–Trinajstić information content (AvgIpc) is 2.60. The standard InChI is InChI=1S/C19H20ClNO4S/c1-4-25-19(22)14(3)18(15-7-9-16(20)10-8-15)21-26(23,24)17-11-5-13(2)6-12-17/h5-12,18,21H,3-4H2,1-2H3. The van der Waals surface area contributed by atoms with Crippen LogP contribution in [0, 0.1) is 6.92 Å². The normalized spacial score (nSPS) is 12.4. The molecule has 0 aliphatic carbocycles. The molecule has 2 rings (SSSR count). The maximum absolute atomic E-state index is 12.7. The molecule has 138 valence electrons. The predicted octanol–water partition coefficient (Wildman–Crippen LogP) is 3.79. The lowest BCUT2D eigenvalue weighted by atomic mass is 10.0. The van der Waals surface area contributed by atoms with Crippen LogP contribution in [0.5, 0.6) is 0 Å². The molecule has 0 aromatic heterocycles. The summed E-state index contributed by atoms with van der Waals surface area (Å²) in [6, 6.07) is 11.9. The second kappa shape index (κ2) is 8.49. The summed E-state index contributed by atoms with van der Waals surface area (Å²) in [6.45, 7) is 7.42. The van der Waals surface area contributed by atoms with Gasteiger partial charge in [0.25, 0.3) is 0 Å². The number of nitrogens with one attached hydrogen (secondary N) is 1. The van der Waals surface area contributed by atoms with Gasteiger partial charge in [-0.05, 0) is 43.7 Å². The van der Waals surface area contributed by atoms with Gasteiger partial charge >= 0.3 is 5.97 Å². The second-order valence-electron chi connectivity index (χ2n) is 5.66. The molecule has 0 aliphatic rings. The number of carbonyl (C=O) groups is 1. The first kappa shape index (κ1) is 20.2. The summed E-state index contributed by atoms with van der Waals surface area (Å²) in [4.78, 5) is 12.2. The summed E-state index contributed by atoms with van der Waals surface area (Å²) in [5.41, 5.74) is 1.46. The number of esters is 1. The van der Waals surface area contributed by atoms with E-state index in [0.717, 1.165) is 5.56 Å². The molecule has 0 amide bonds. The maximum Gasteiger partial charge on any atom is 0.335 e. The highest BCUT2D eigenvalue weighted by Crippen LogP contribution is 2.26. The Morgan fingerprint density at radius 1 is 1.15 bits per heavy atom. The number of rotatable bonds is 7. The van der Waals surface area contributed by atoms with Gasteiger partial charge in [0, 0.05) is 5.02 Å². The Bertz CT molecular complexity index is 890. The van der Waals surface area contributed by atoms with Crippen molar-refractivity contribution in [1.82, 2.24) is 4.72 Å². The Hall–Kier alpha value is -2.15. The van der Waals surface area contributed by atoms with Crippen molar-refractivity contribution in [2.24, 2.45) is 0 Å². The number of carbonyl (C=O) groups excluding carboxylic acids is 1. The van der Waals surface area contributed by atoms with Crippen LogP contribution < -0.4 is 4.72 Å². The fourth-order valence-electron chi connectivity index (χ4n) is 2.28. The SMILES string of the molecule is C=C(C(=O)OCC)C(NS(=O)(=O)c1ccc(C)cc1)c1ccc(Cl)cc1. The Morgan fingerprint density at radius 3 is 2.27 bits per heavy atom. The first-order valence-corrected chi connectivity index (χ1v) is 9.81. The lowest BCUT2D eigenvalue weighted by Crippen LogP contribution is -2.32. The summed E-state index contributed by atoms with van der Waals surface area (Å²) >= 11 is 5.90. The first-order chi connectivity index (χ1) is 12.2. The number of hydrogen-bond acceptors (Lipinski definition) is 4. The summed E-state index contributed by atoms with van der Waals surface area (Å²) in [5, 5.41) is 0.496. The van der Waals surface area contributed by atoms with Gasteiger partial charge in [0.05, 0.1) is 23.1 Å². The van der Waals surface area contributed by atoms with Crippen LogP contribution in [0.3, 0.4) is 0 Å². The highest BCUT2D eigenvalue weighted by atomic mass is 35.5. The summed E-state index contributed by atoms with van der Waals surface area (Å²) < 4.78 is 33.0. The Balaban J connectivity index is 2.40. The number of aryl methyl sites for hydroxylation is 1. The Labute approximate surface area is 158 Å². The number of benzene rings is 2. The average molecular weight is 394 g/mol. The molecular weight excluding hydrogens is 374 g/mol. The van der Waals surface area contributed by atoms with Crippen LogP contribution in [0.2, 0.25) is 5.02 Å². The molecule has 1 N–H and O–H groups in total. The fourth-order valence-corrected chi connectivity index (χ4v) is 3.62. The first-order valence-electron chi connectivity index (χ1n) is 7.95. The minimum atomic E-state index is -3.88. The lowest BCUT2D eigenvalue weighted by molar-refractivity contribution is -0.138. The molecule has 0 spiro atoms. The molecule has 0 aliphatic heterocycles. The third-order valence-corrected chi connectivity index (χ3v) is 5.38. The zero-order valence-electron chi connectivity index (χ0n) is 14.5. The molecule has 1 atom stereocenters. The van der Waals surface area contributed by atoms with Crippen LogP contribution >= 0.6 is 11.6 Å². The van der Waals surface area contributed by atoms with Crippen LogP contribution in [-0.2, 0) is 19.6 Å². The summed E-state index contributed by atoms with van der Waals surface area (Å²) in [5.74, 6) is -0.668. The molecule has 26 heavy (non-hydrogen) atoms. The molecule has 0 bridgehead atoms. The Morgan fingerprint density at radius 2 is 1.73 bits per heavy atom. The molecule has 2 aromatic rings. The smallest absolute Gasteiger partial charge is 0.335 e. The minimum absolute atomic E-state index is 0.00939. The van der Waals surface area contributed by atoms with Gasteiger partial charge in [-0.2, -0.15) is 4.72 Å². The van der Waals surface area contributed by atoms with Crippen LogP contribution in [0.1, 0.15) is 24.1 Å². The van der Waals surface area contributed by atoms with Crippen LogP contribution in [0.15, 0.2) is 65.6 Å². The molecule has 0 saturated heterocycles. The van der Waals surface area contributed by atoms with Crippen molar-refractivity contribution in [3.05, 3.63) is 76.8 Å². The van der Waals surface area contributed by atoms with E-state index in [1.54, 1.807) is 43.3 Å². The van der Waals surface area contributed by atoms with E-state index in [4.69, 9.17) is 16.3 Å². The molecule has 0 saturated carbocycles. The lowest BCUT2D eigenvalue weighted by Gasteiger charge is -2.21. The Kier molecular flexibility index (Phi) is 6.58. The van der Waals surface area contributed by atoms with E-state index in [1.807, 2.05) is 6.92 Å². The van der Waals surface area contributed by atoms with Crippen molar-refractivity contribution in [1.29, 1.82) is 0 Å². The van der Waals surface area contributed by atoms with Gasteiger partial charge < -0.3 is 4.74 Å². The molecular formula is C19H20ClNO4S. The topological polar surface area (TPSA) is 72.5 Å².